The van der Waals surface area contributed by atoms with Gasteiger partial charge in [0.2, 0.25) is 0 Å². The van der Waals surface area contributed by atoms with Gasteiger partial charge in [0, 0.05) is 13.6 Å². The zero-order chi connectivity index (χ0) is 12.3. The molecular formula is C12H14N2O2. The molecule has 0 aromatic heterocycles. The molecule has 16 heavy (non-hydrogen) atoms. The van der Waals surface area contributed by atoms with Crippen molar-refractivity contribution in [1.29, 1.82) is 5.26 Å². The minimum absolute atomic E-state index is 0.346. The van der Waals surface area contributed by atoms with Crippen LogP contribution in [-0.4, -0.2) is 23.1 Å². The van der Waals surface area contributed by atoms with Crippen LogP contribution in [0.1, 0.15) is 22.3 Å². The van der Waals surface area contributed by atoms with E-state index in [-0.39, 0.29) is 0 Å². The predicted octanol–water partition coefficient (Wildman–Crippen LogP) is 2.28. The highest BCUT2D eigenvalue weighted by atomic mass is 16.4. The summed E-state index contributed by atoms with van der Waals surface area (Å²) < 4.78 is 0. The summed E-state index contributed by atoms with van der Waals surface area (Å²) in [6, 6.07) is 5.63. The Bertz CT molecular complexity index is 438. The van der Waals surface area contributed by atoms with E-state index in [1.165, 1.54) is 11.9 Å². The van der Waals surface area contributed by atoms with Gasteiger partial charge in [-0.05, 0) is 42.7 Å². The molecule has 0 heterocycles. The summed E-state index contributed by atoms with van der Waals surface area (Å²) in [7, 11) is 1.53. The molecule has 0 bridgehead atoms. The Labute approximate surface area is 94.7 Å². The van der Waals surface area contributed by atoms with Crippen LogP contribution in [0.4, 0.5) is 4.79 Å². The van der Waals surface area contributed by atoms with Crippen LogP contribution in [0, 0.1) is 25.2 Å². The number of hydrogen-bond acceptors (Lipinski definition) is 2. The van der Waals surface area contributed by atoms with Crippen molar-refractivity contribution in [2.24, 2.45) is 0 Å². The second-order valence-electron chi connectivity index (χ2n) is 3.84. The maximum atomic E-state index is 10.7. The van der Waals surface area contributed by atoms with Crippen LogP contribution >= 0.6 is 0 Å². The zero-order valence-electron chi connectivity index (χ0n) is 9.61. The fourth-order valence-electron chi connectivity index (χ4n) is 1.61. The quantitative estimate of drug-likeness (QED) is 0.828. The maximum absolute atomic E-state index is 10.7. The molecule has 0 saturated heterocycles. The van der Waals surface area contributed by atoms with Crippen molar-refractivity contribution in [2.45, 2.75) is 20.4 Å². The van der Waals surface area contributed by atoms with Crippen molar-refractivity contribution >= 4 is 6.09 Å². The predicted molar refractivity (Wildman–Crippen MR) is 60.1 cm³/mol. The van der Waals surface area contributed by atoms with Crippen molar-refractivity contribution in [2.75, 3.05) is 7.05 Å². The lowest BCUT2D eigenvalue weighted by Crippen LogP contribution is -2.24. The SMILES string of the molecule is Cc1cc(C#N)cc(C)c1CN(C)C(=O)O. The highest BCUT2D eigenvalue weighted by Crippen LogP contribution is 2.17. The van der Waals surface area contributed by atoms with Gasteiger partial charge in [0.25, 0.3) is 0 Å². The number of carbonyl (C=O) groups is 1. The largest absolute Gasteiger partial charge is 0.465 e. The van der Waals surface area contributed by atoms with Crippen LogP contribution < -0.4 is 0 Å². The number of carboxylic acid groups (broad SMARTS) is 1. The summed E-state index contributed by atoms with van der Waals surface area (Å²) in [5.74, 6) is 0. The Hall–Kier alpha value is -2.02. The summed E-state index contributed by atoms with van der Waals surface area (Å²) in [4.78, 5) is 11.9. The van der Waals surface area contributed by atoms with E-state index in [4.69, 9.17) is 10.4 Å². The Morgan fingerprint density at radius 3 is 2.31 bits per heavy atom. The second-order valence-corrected chi connectivity index (χ2v) is 3.84. The molecule has 4 heteroatoms. The first-order chi connectivity index (χ1) is 7.45. The molecule has 1 aromatic rings. The standard InChI is InChI=1S/C12H14N2O2/c1-8-4-10(6-13)5-9(2)11(8)7-14(3)12(15)16/h4-5H,7H2,1-3H3,(H,15,16). The van der Waals surface area contributed by atoms with Crippen LogP contribution in [0.3, 0.4) is 0 Å². The first-order valence-electron chi connectivity index (χ1n) is 4.90. The molecule has 0 saturated carbocycles. The van der Waals surface area contributed by atoms with Crippen LogP contribution in [0.5, 0.6) is 0 Å². The Morgan fingerprint density at radius 2 is 1.94 bits per heavy atom. The molecule has 84 valence electrons. The molecule has 0 radical (unpaired) electrons. The normalized spacial score (nSPS) is 9.62. The molecule has 0 spiro atoms. The van der Waals surface area contributed by atoms with Crippen molar-refractivity contribution in [3.05, 3.63) is 34.4 Å². The zero-order valence-corrected chi connectivity index (χ0v) is 9.61. The van der Waals surface area contributed by atoms with Gasteiger partial charge in [-0.1, -0.05) is 0 Å². The first-order valence-corrected chi connectivity index (χ1v) is 4.90. The molecule has 4 nitrogen and oxygen atoms in total. The van der Waals surface area contributed by atoms with E-state index >= 15 is 0 Å². The molecular weight excluding hydrogens is 204 g/mol. The number of benzene rings is 1. The number of rotatable bonds is 2. The fraction of sp³-hybridized carbons (Fsp3) is 0.333. The lowest BCUT2D eigenvalue weighted by molar-refractivity contribution is 0.153. The highest BCUT2D eigenvalue weighted by molar-refractivity contribution is 5.64. The van der Waals surface area contributed by atoms with Gasteiger partial charge in [0.15, 0.2) is 0 Å². The number of aryl methyl sites for hydroxylation is 2. The van der Waals surface area contributed by atoms with Gasteiger partial charge in [-0.25, -0.2) is 4.79 Å². The molecule has 1 rings (SSSR count). The third kappa shape index (κ3) is 2.51. The fourth-order valence-corrected chi connectivity index (χ4v) is 1.61. The third-order valence-electron chi connectivity index (χ3n) is 2.55. The average molecular weight is 218 g/mol. The van der Waals surface area contributed by atoms with Crippen molar-refractivity contribution in [3.63, 3.8) is 0 Å². The second kappa shape index (κ2) is 4.67. The molecule has 0 fully saturated rings. The van der Waals surface area contributed by atoms with E-state index in [0.29, 0.717) is 12.1 Å². The van der Waals surface area contributed by atoms with Gasteiger partial charge in [-0.3, -0.25) is 0 Å². The lowest BCUT2D eigenvalue weighted by Gasteiger charge is -2.17. The van der Waals surface area contributed by atoms with E-state index < -0.39 is 6.09 Å². The maximum Gasteiger partial charge on any atom is 0.407 e. The summed E-state index contributed by atoms with van der Waals surface area (Å²) in [6.45, 7) is 4.12. The highest BCUT2D eigenvalue weighted by Gasteiger charge is 2.11. The summed E-state index contributed by atoms with van der Waals surface area (Å²) in [5.41, 5.74) is 3.47. The monoisotopic (exact) mass is 218 g/mol. The first kappa shape index (κ1) is 12.1. The van der Waals surface area contributed by atoms with Gasteiger partial charge in [0.1, 0.15) is 0 Å². The number of nitrogens with zero attached hydrogens (tertiary/aromatic N) is 2. The van der Waals surface area contributed by atoms with Crippen molar-refractivity contribution in [3.8, 4) is 6.07 Å². The third-order valence-corrected chi connectivity index (χ3v) is 2.55. The Balaban J connectivity index is 3.07. The van der Waals surface area contributed by atoms with Crippen LogP contribution in [0.25, 0.3) is 0 Å². The van der Waals surface area contributed by atoms with Gasteiger partial charge in [-0.15, -0.1) is 0 Å². The number of amides is 1. The minimum atomic E-state index is -0.955. The van der Waals surface area contributed by atoms with Crippen molar-refractivity contribution < 1.29 is 9.90 Å². The van der Waals surface area contributed by atoms with Gasteiger partial charge >= 0.3 is 6.09 Å². The summed E-state index contributed by atoms with van der Waals surface area (Å²) in [6.07, 6.45) is -0.955. The van der Waals surface area contributed by atoms with Crippen molar-refractivity contribution in [1.82, 2.24) is 4.90 Å². The molecule has 0 unspecified atom stereocenters. The average Bonchev–Trinajstić information content (AvgIpc) is 2.22. The molecule has 1 N–H and O–H groups in total. The molecule has 0 aliphatic rings. The molecule has 1 aromatic carbocycles. The lowest BCUT2D eigenvalue weighted by atomic mass is 9.99. The number of hydrogen-bond donors (Lipinski definition) is 1. The topological polar surface area (TPSA) is 64.3 Å². The summed E-state index contributed by atoms with van der Waals surface area (Å²) in [5, 5.41) is 17.6. The minimum Gasteiger partial charge on any atom is -0.465 e. The molecule has 0 aliphatic heterocycles. The van der Waals surface area contributed by atoms with Crippen LogP contribution in [0.15, 0.2) is 12.1 Å². The van der Waals surface area contributed by atoms with E-state index in [1.54, 1.807) is 12.1 Å². The van der Waals surface area contributed by atoms with E-state index in [2.05, 4.69) is 6.07 Å². The molecule has 1 amide bonds. The van der Waals surface area contributed by atoms with E-state index in [9.17, 15) is 4.79 Å². The van der Waals surface area contributed by atoms with E-state index in [1.807, 2.05) is 13.8 Å². The smallest absolute Gasteiger partial charge is 0.407 e. The number of nitriles is 1. The summed E-state index contributed by atoms with van der Waals surface area (Å²) >= 11 is 0. The van der Waals surface area contributed by atoms with Crippen LogP contribution in [0.2, 0.25) is 0 Å². The van der Waals surface area contributed by atoms with Gasteiger partial charge < -0.3 is 10.0 Å². The molecule has 0 atom stereocenters. The Morgan fingerprint density at radius 1 is 1.44 bits per heavy atom. The van der Waals surface area contributed by atoms with Gasteiger partial charge in [0.05, 0.1) is 11.6 Å². The van der Waals surface area contributed by atoms with Crippen LogP contribution in [-0.2, 0) is 6.54 Å². The van der Waals surface area contributed by atoms with Gasteiger partial charge in [-0.2, -0.15) is 5.26 Å². The van der Waals surface area contributed by atoms with E-state index in [0.717, 1.165) is 16.7 Å². The molecule has 0 aliphatic carbocycles. The Kier molecular flexibility index (Phi) is 3.51.